The minimum absolute atomic E-state index is 0.243. The molecule has 22 heavy (non-hydrogen) atoms. The monoisotopic (exact) mass is 301 g/mol. The summed E-state index contributed by atoms with van der Waals surface area (Å²) in [5.41, 5.74) is 2.16. The molecule has 3 aromatic rings. The van der Waals surface area contributed by atoms with Crippen LogP contribution in [0.15, 0.2) is 46.9 Å². The van der Waals surface area contributed by atoms with Crippen LogP contribution in [0.4, 0.5) is 21.8 Å². The van der Waals surface area contributed by atoms with Gasteiger partial charge in [0.25, 0.3) is 6.01 Å². The van der Waals surface area contributed by atoms with E-state index in [2.05, 4.69) is 15.6 Å². The van der Waals surface area contributed by atoms with Crippen LogP contribution < -0.4 is 10.6 Å². The molecular formula is C15H12FN3O3. The van der Waals surface area contributed by atoms with Crippen LogP contribution in [0.5, 0.6) is 0 Å². The molecule has 1 amide bonds. The molecule has 3 rings (SSSR count). The van der Waals surface area contributed by atoms with E-state index in [1.54, 1.807) is 24.3 Å². The molecule has 112 valence electrons. The van der Waals surface area contributed by atoms with Crippen LogP contribution >= 0.6 is 0 Å². The van der Waals surface area contributed by atoms with Crippen LogP contribution in [0.3, 0.4) is 0 Å². The molecule has 2 aromatic carbocycles. The van der Waals surface area contributed by atoms with Crippen molar-refractivity contribution in [2.24, 2.45) is 0 Å². The average molecular weight is 301 g/mol. The van der Waals surface area contributed by atoms with E-state index in [9.17, 15) is 9.18 Å². The van der Waals surface area contributed by atoms with Gasteiger partial charge in [-0.05, 0) is 36.4 Å². The number of carbonyl (C=O) groups is 1. The maximum absolute atomic E-state index is 13.1. The number of rotatable bonds is 4. The van der Waals surface area contributed by atoms with Gasteiger partial charge in [0.1, 0.15) is 17.9 Å². The Morgan fingerprint density at radius 2 is 1.91 bits per heavy atom. The van der Waals surface area contributed by atoms with Crippen molar-refractivity contribution in [3.05, 3.63) is 48.3 Å². The summed E-state index contributed by atoms with van der Waals surface area (Å²) in [4.78, 5) is 15.2. The molecule has 0 saturated heterocycles. The van der Waals surface area contributed by atoms with Crippen LogP contribution in [0.2, 0.25) is 0 Å². The number of aromatic nitrogens is 1. The van der Waals surface area contributed by atoms with Gasteiger partial charge in [0.05, 0.1) is 0 Å². The van der Waals surface area contributed by atoms with Crippen LogP contribution in [0, 0.1) is 5.82 Å². The van der Waals surface area contributed by atoms with Gasteiger partial charge < -0.3 is 20.2 Å². The zero-order valence-electron chi connectivity index (χ0n) is 11.3. The minimum atomic E-state index is -0.570. The number of hydrogen-bond donors (Lipinski definition) is 3. The number of benzene rings is 2. The van der Waals surface area contributed by atoms with Crippen LogP contribution in [0.1, 0.15) is 0 Å². The molecule has 1 heterocycles. The molecule has 0 aliphatic carbocycles. The third-order valence-electron chi connectivity index (χ3n) is 2.91. The number of aliphatic hydroxyl groups excluding tert-OH is 1. The number of aliphatic hydroxyl groups is 1. The van der Waals surface area contributed by atoms with Crippen LogP contribution in [-0.4, -0.2) is 22.6 Å². The largest absolute Gasteiger partial charge is 0.423 e. The maximum atomic E-state index is 13.1. The lowest BCUT2D eigenvalue weighted by Gasteiger charge is -2.05. The third-order valence-corrected chi connectivity index (χ3v) is 2.91. The second-order valence-electron chi connectivity index (χ2n) is 4.54. The summed E-state index contributed by atoms with van der Waals surface area (Å²) in [6.45, 7) is -0.570. The van der Waals surface area contributed by atoms with Gasteiger partial charge in [-0.15, -0.1) is 0 Å². The van der Waals surface area contributed by atoms with Gasteiger partial charge in [-0.1, -0.05) is 0 Å². The molecular weight excluding hydrogens is 289 g/mol. The second-order valence-corrected chi connectivity index (χ2v) is 4.54. The summed E-state index contributed by atoms with van der Waals surface area (Å²) >= 11 is 0. The first-order valence-electron chi connectivity index (χ1n) is 6.48. The number of anilines is 3. The zero-order chi connectivity index (χ0) is 15.5. The lowest BCUT2D eigenvalue weighted by Crippen LogP contribution is -2.15. The van der Waals surface area contributed by atoms with Gasteiger partial charge in [0, 0.05) is 17.4 Å². The second kappa shape index (κ2) is 5.82. The number of nitrogens with zero attached hydrogens (tertiary/aromatic N) is 1. The van der Waals surface area contributed by atoms with Gasteiger partial charge >= 0.3 is 0 Å². The molecule has 1 aromatic heterocycles. The number of oxazole rings is 1. The predicted molar refractivity (Wildman–Crippen MR) is 79.4 cm³/mol. The fraction of sp³-hybridized carbons (Fsp3) is 0.0667. The molecule has 0 spiro atoms. The SMILES string of the molecule is O=C(CO)Nc1ccc(Nc2nc3ccc(F)cc3o2)cc1. The highest BCUT2D eigenvalue weighted by Gasteiger charge is 2.07. The van der Waals surface area contributed by atoms with Crippen molar-refractivity contribution in [1.82, 2.24) is 4.98 Å². The highest BCUT2D eigenvalue weighted by molar-refractivity contribution is 5.91. The van der Waals surface area contributed by atoms with E-state index in [1.807, 2.05) is 0 Å². The number of fused-ring (bicyclic) bond motifs is 1. The Morgan fingerprint density at radius 3 is 2.64 bits per heavy atom. The predicted octanol–water partition coefficient (Wildman–Crippen LogP) is 2.64. The van der Waals surface area contributed by atoms with Crippen molar-refractivity contribution in [3.63, 3.8) is 0 Å². The summed E-state index contributed by atoms with van der Waals surface area (Å²) in [5, 5.41) is 14.1. The van der Waals surface area contributed by atoms with Crippen molar-refractivity contribution >= 4 is 34.4 Å². The van der Waals surface area contributed by atoms with Crippen molar-refractivity contribution in [2.45, 2.75) is 0 Å². The van der Waals surface area contributed by atoms with E-state index >= 15 is 0 Å². The molecule has 0 atom stereocenters. The molecule has 0 aliphatic heterocycles. The lowest BCUT2D eigenvalue weighted by molar-refractivity contribution is -0.118. The normalized spacial score (nSPS) is 10.6. The summed E-state index contributed by atoms with van der Waals surface area (Å²) in [6.07, 6.45) is 0. The summed E-state index contributed by atoms with van der Waals surface area (Å²) in [5.74, 6) is -0.874. The highest BCUT2D eigenvalue weighted by Crippen LogP contribution is 2.23. The Hall–Kier alpha value is -2.93. The molecule has 6 nitrogen and oxygen atoms in total. The first-order chi connectivity index (χ1) is 10.6. The number of amides is 1. The first-order valence-corrected chi connectivity index (χ1v) is 6.48. The molecule has 0 radical (unpaired) electrons. The van der Waals surface area contributed by atoms with E-state index in [1.165, 1.54) is 18.2 Å². The van der Waals surface area contributed by atoms with Gasteiger partial charge in [-0.2, -0.15) is 4.98 Å². The topological polar surface area (TPSA) is 87.4 Å². The first kappa shape index (κ1) is 14.0. The van der Waals surface area contributed by atoms with Gasteiger partial charge in [-0.25, -0.2) is 4.39 Å². The van der Waals surface area contributed by atoms with Gasteiger partial charge in [-0.3, -0.25) is 4.79 Å². The zero-order valence-corrected chi connectivity index (χ0v) is 11.3. The molecule has 3 N–H and O–H groups in total. The Kier molecular flexibility index (Phi) is 3.71. The summed E-state index contributed by atoms with van der Waals surface area (Å²) in [7, 11) is 0. The Labute approximate surface area is 124 Å². The Morgan fingerprint density at radius 1 is 1.18 bits per heavy atom. The van der Waals surface area contributed by atoms with Crippen LogP contribution in [0.25, 0.3) is 11.1 Å². The molecule has 0 unspecified atom stereocenters. The Balaban J connectivity index is 1.75. The van der Waals surface area contributed by atoms with E-state index < -0.39 is 12.5 Å². The van der Waals surface area contributed by atoms with E-state index in [0.29, 0.717) is 22.5 Å². The van der Waals surface area contributed by atoms with Crippen molar-refractivity contribution < 1.29 is 18.7 Å². The van der Waals surface area contributed by atoms with E-state index in [-0.39, 0.29) is 11.8 Å². The van der Waals surface area contributed by atoms with Crippen LogP contribution in [-0.2, 0) is 4.79 Å². The average Bonchev–Trinajstić information content (AvgIpc) is 2.90. The third kappa shape index (κ3) is 3.04. The molecule has 0 fully saturated rings. The summed E-state index contributed by atoms with van der Waals surface area (Å²) in [6, 6.07) is 11.1. The molecule has 0 aliphatic rings. The highest BCUT2D eigenvalue weighted by atomic mass is 19.1. The van der Waals surface area contributed by atoms with Gasteiger partial charge in [0.15, 0.2) is 5.58 Å². The van der Waals surface area contributed by atoms with E-state index in [0.717, 1.165) is 0 Å². The minimum Gasteiger partial charge on any atom is -0.423 e. The maximum Gasteiger partial charge on any atom is 0.300 e. The summed E-state index contributed by atoms with van der Waals surface area (Å²) < 4.78 is 18.5. The quantitative estimate of drug-likeness (QED) is 0.689. The standard InChI is InChI=1S/C15H12FN3O3/c16-9-1-6-12-13(7-9)22-15(19-12)18-11-4-2-10(3-5-11)17-14(21)8-20/h1-7,20H,8H2,(H,17,21)(H,18,19). The van der Waals surface area contributed by atoms with Crippen molar-refractivity contribution in [3.8, 4) is 0 Å². The number of halogens is 1. The van der Waals surface area contributed by atoms with Crippen molar-refractivity contribution in [2.75, 3.05) is 17.2 Å². The van der Waals surface area contributed by atoms with E-state index in [4.69, 9.17) is 9.52 Å². The smallest absolute Gasteiger partial charge is 0.300 e. The fourth-order valence-electron chi connectivity index (χ4n) is 1.91. The molecule has 7 heteroatoms. The molecule has 0 saturated carbocycles. The lowest BCUT2D eigenvalue weighted by atomic mass is 10.3. The van der Waals surface area contributed by atoms with Gasteiger partial charge in [0.2, 0.25) is 5.91 Å². The van der Waals surface area contributed by atoms with Crippen molar-refractivity contribution in [1.29, 1.82) is 0 Å². The molecule has 0 bridgehead atoms. The fourth-order valence-corrected chi connectivity index (χ4v) is 1.91. The Bertz CT molecular complexity index is 815. The number of nitrogens with one attached hydrogen (secondary N) is 2. The number of carbonyl (C=O) groups excluding carboxylic acids is 1. The number of hydrogen-bond acceptors (Lipinski definition) is 5.